The average Bonchev–Trinajstić information content (AvgIpc) is 3.18. The van der Waals surface area contributed by atoms with Gasteiger partial charge in [0.2, 0.25) is 5.60 Å². The van der Waals surface area contributed by atoms with Crippen LogP contribution in [0.1, 0.15) is 40.5 Å². The molecular formula is C20H27NO6. The summed E-state index contributed by atoms with van der Waals surface area (Å²) in [5.41, 5.74) is -0.0802. The van der Waals surface area contributed by atoms with Crippen LogP contribution in [-0.2, 0) is 28.6 Å². The molecule has 0 aromatic carbocycles. The maximum Gasteiger partial charge on any atom is 0.350 e. The molecule has 0 bridgehead atoms. The summed E-state index contributed by atoms with van der Waals surface area (Å²) in [6.07, 6.45) is 4.49. The lowest BCUT2D eigenvalue weighted by Gasteiger charge is -2.34. The molecule has 0 saturated carbocycles. The fourth-order valence-electron chi connectivity index (χ4n) is 4.12. The van der Waals surface area contributed by atoms with Gasteiger partial charge in [-0.1, -0.05) is 19.1 Å². The lowest BCUT2D eigenvalue weighted by molar-refractivity contribution is -0.185. The van der Waals surface area contributed by atoms with E-state index >= 15 is 0 Å². The zero-order chi connectivity index (χ0) is 19.8. The smallest absolute Gasteiger partial charge is 0.350 e. The predicted molar refractivity (Wildman–Crippen MR) is 96.6 cm³/mol. The van der Waals surface area contributed by atoms with E-state index in [2.05, 4.69) is 4.90 Å². The average molecular weight is 377 g/mol. The van der Waals surface area contributed by atoms with Gasteiger partial charge in [0.15, 0.2) is 0 Å². The fourth-order valence-corrected chi connectivity index (χ4v) is 4.12. The third kappa shape index (κ3) is 3.65. The van der Waals surface area contributed by atoms with Crippen molar-refractivity contribution in [1.82, 2.24) is 4.90 Å². The standard InChI is InChI=1S/C20H27NO6/c1-5-14-10-12(2)20(4,27-13(3)22)19(24)25-11-15-6-8-21-9-7-16(17(15)21)26-18(14)23/h5-6,12,16-17H,7-11H2,1-4H3/b14-5+/t12-,16+,17-,20+/m0/s1. The molecule has 3 aliphatic heterocycles. The molecule has 0 N–H and O–H groups in total. The number of carbonyl (C=O) groups is 3. The molecule has 2 fully saturated rings. The molecule has 0 unspecified atom stereocenters. The number of ether oxygens (including phenoxy) is 3. The summed E-state index contributed by atoms with van der Waals surface area (Å²) in [6, 6.07) is -0.0586. The van der Waals surface area contributed by atoms with Crippen LogP contribution in [0, 0.1) is 5.92 Å². The summed E-state index contributed by atoms with van der Waals surface area (Å²) in [4.78, 5) is 39.5. The van der Waals surface area contributed by atoms with Gasteiger partial charge < -0.3 is 14.2 Å². The number of allylic oxidation sites excluding steroid dienone is 1. The van der Waals surface area contributed by atoms with Gasteiger partial charge in [-0.3, -0.25) is 9.69 Å². The van der Waals surface area contributed by atoms with Crippen molar-refractivity contribution in [1.29, 1.82) is 0 Å². The van der Waals surface area contributed by atoms with Gasteiger partial charge in [0, 0.05) is 31.5 Å². The van der Waals surface area contributed by atoms with E-state index in [-0.39, 0.29) is 31.1 Å². The van der Waals surface area contributed by atoms with E-state index in [9.17, 15) is 14.4 Å². The Morgan fingerprint density at radius 3 is 2.81 bits per heavy atom. The number of cyclic esters (lactones) is 1. The molecule has 0 aromatic heterocycles. The lowest BCUT2D eigenvalue weighted by atomic mass is 9.84. The van der Waals surface area contributed by atoms with Crippen LogP contribution >= 0.6 is 0 Å². The van der Waals surface area contributed by atoms with E-state index < -0.39 is 23.5 Å². The third-order valence-electron chi connectivity index (χ3n) is 5.88. The van der Waals surface area contributed by atoms with Crippen molar-refractivity contribution in [3.05, 3.63) is 23.3 Å². The molecule has 7 nitrogen and oxygen atoms in total. The van der Waals surface area contributed by atoms with Gasteiger partial charge in [0.05, 0.1) is 6.04 Å². The van der Waals surface area contributed by atoms with Gasteiger partial charge in [0.25, 0.3) is 0 Å². The van der Waals surface area contributed by atoms with E-state index in [1.165, 1.54) is 6.92 Å². The van der Waals surface area contributed by atoms with Gasteiger partial charge in [-0.2, -0.15) is 0 Å². The topological polar surface area (TPSA) is 82.1 Å². The fraction of sp³-hybridized carbons (Fsp3) is 0.650. The predicted octanol–water partition coefficient (Wildman–Crippen LogP) is 1.76. The Balaban J connectivity index is 1.94. The van der Waals surface area contributed by atoms with Gasteiger partial charge >= 0.3 is 17.9 Å². The van der Waals surface area contributed by atoms with Crippen LogP contribution in [0.5, 0.6) is 0 Å². The van der Waals surface area contributed by atoms with Gasteiger partial charge in [-0.15, -0.1) is 0 Å². The van der Waals surface area contributed by atoms with E-state index in [1.54, 1.807) is 26.8 Å². The molecule has 0 aromatic rings. The quantitative estimate of drug-likeness (QED) is 0.298. The Labute approximate surface area is 159 Å². The normalized spacial score (nSPS) is 36.2. The second-order valence-electron chi connectivity index (χ2n) is 7.65. The highest BCUT2D eigenvalue weighted by Crippen LogP contribution is 2.35. The highest BCUT2D eigenvalue weighted by Gasteiger charge is 2.47. The van der Waals surface area contributed by atoms with Crippen LogP contribution in [0.25, 0.3) is 0 Å². The molecule has 0 radical (unpaired) electrons. The van der Waals surface area contributed by atoms with Gasteiger partial charge in [-0.05, 0) is 32.3 Å². The van der Waals surface area contributed by atoms with Crippen LogP contribution < -0.4 is 0 Å². The van der Waals surface area contributed by atoms with Crippen molar-refractivity contribution >= 4 is 17.9 Å². The lowest BCUT2D eigenvalue weighted by Crippen LogP contribution is -2.48. The first kappa shape index (κ1) is 19.6. The van der Waals surface area contributed by atoms with Crippen LogP contribution in [-0.4, -0.2) is 60.3 Å². The molecule has 27 heavy (non-hydrogen) atoms. The summed E-state index contributed by atoms with van der Waals surface area (Å²) in [5, 5.41) is 0. The second kappa shape index (κ2) is 7.46. The molecule has 3 heterocycles. The molecular weight excluding hydrogens is 350 g/mol. The maximum atomic E-state index is 12.9. The SMILES string of the molecule is C/C=C1\C[C@H](C)[C@@](C)(OC(C)=O)C(=O)OCC2=CCN3CC[C@@H](OC1=O)[C@H]23. The molecule has 4 atom stereocenters. The van der Waals surface area contributed by atoms with Crippen molar-refractivity contribution in [2.45, 2.75) is 58.3 Å². The monoisotopic (exact) mass is 377 g/mol. The highest BCUT2D eigenvalue weighted by atomic mass is 16.6. The molecule has 7 heteroatoms. The van der Waals surface area contributed by atoms with E-state index in [0.717, 1.165) is 25.1 Å². The first-order chi connectivity index (χ1) is 12.8. The van der Waals surface area contributed by atoms with Crippen LogP contribution in [0.4, 0.5) is 0 Å². The first-order valence-electron chi connectivity index (χ1n) is 9.42. The van der Waals surface area contributed by atoms with E-state index in [4.69, 9.17) is 14.2 Å². The number of hydrogen-bond acceptors (Lipinski definition) is 7. The maximum absolute atomic E-state index is 12.9. The van der Waals surface area contributed by atoms with E-state index in [1.807, 2.05) is 6.08 Å². The minimum absolute atomic E-state index is 0.0586. The van der Waals surface area contributed by atoms with Gasteiger partial charge in [0.1, 0.15) is 12.7 Å². The number of carbonyl (C=O) groups excluding carboxylic acids is 3. The van der Waals surface area contributed by atoms with Gasteiger partial charge in [-0.25, -0.2) is 9.59 Å². The zero-order valence-corrected chi connectivity index (χ0v) is 16.3. The zero-order valence-electron chi connectivity index (χ0n) is 16.3. The van der Waals surface area contributed by atoms with E-state index in [0.29, 0.717) is 5.57 Å². The molecule has 3 aliphatic rings. The Kier molecular flexibility index (Phi) is 5.42. The molecule has 0 aliphatic carbocycles. The Hall–Kier alpha value is -2.15. The van der Waals surface area contributed by atoms with Crippen LogP contribution in [0.2, 0.25) is 0 Å². The van der Waals surface area contributed by atoms with Crippen molar-refractivity contribution in [2.24, 2.45) is 5.92 Å². The summed E-state index contributed by atoms with van der Waals surface area (Å²) in [6.45, 7) is 8.02. The van der Waals surface area contributed by atoms with Crippen molar-refractivity contribution in [3.8, 4) is 0 Å². The molecule has 3 rings (SSSR count). The van der Waals surface area contributed by atoms with Crippen LogP contribution in [0.15, 0.2) is 23.3 Å². The molecule has 0 spiro atoms. The molecule has 0 amide bonds. The van der Waals surface area contributed by atoms with Crippen molar-refractivity contribution in [3.63, 3.8) is 0 Å². The van der Waals surface area contributed by atoms with Crippen molar-refractivity contribution in [2.75, 3.05) is 19.7 Å². The minimum Gasteiger partial charge on any atom is -0.458 e. The number of rotatable bonds is 1. The number of hydrogen-bond donors (Lipinski definition) is 0. The Bertz CT molecular complexity index is 711. The van der Waals surface area contributed by atoms with Crippen molar-refractivity contribution < 1.29 is 28.6 Å². The second-order valence-corrected chi connectivity index (χ2v) is 7.65. The Morgan fingerprint density at radius 1 is 1.41 bits per heavy atom. The first-order valence-corrected chi connectivity index (χ1v) is 9.42. The summed E-state index contributed by atoms with van der Waals surface area (Å²) in [7, 11) is 0. The van der Waals surface area contributed by atoms with Crippen LogP contribution in [0.3, 0.4) is 0 Å². The highest BCUT2D eigenvalue weighted by molar-refractivity contribution is 5.89. The summed E-state index contributed by atoms with van der Waals surface area (Å²) in [5.74, 6) is -1.99. The largest absolute Gasteiger partial charge is 0.458 e. The number of esters is 3. The summed E-state index contributed by atoms with van der Waals surface area (Å²) >= 11 is 0. The molecule has 148 valence electrons. The third-order valence-corrected chi connectivity index (χ3v) is 5.88. The summed E-state index contributed by atoms with van der Waals surface area (Å²) < 4.78 is 16.8. The Morgan fingerprint density at radius 2 is 2.15 bits per heavy atom. The minimum atomic E-state index is -1.48. The number of nitrogens with zero attached hydrogens (tertiary/aromatic N) is 1. The molecule has 2 saturated heterocycles.